The van der Waals surface area contributed by atoms with Crippen LogP contribution in [0.4, 0.5) is 19.0 Å². The van der Waals surface area contributed by atoms with E-state index in [-0.39, 0.29) is 23.9 Å². The lowest BCUT2D eigenvalue weighted by atomic mass is 9.73. The Bertz CT molecular complexity index is 1410. The largest absolute Gasteiger partial charge is 0.573 e. The Morgan fingerprint density at radius 2 is 1.58 bits per heavy atom. The van der Waals surface area contributed by atoms with Crippen LogP contribution in [0, 0.1) is 0 Å². The molecule has 1 aromatic heterocycles. The van der Waals surface area contributed by atoms with E-state index in [1.807, 2.05) is 12.1 Å². The van der Waals surface area contributed by atoms with Crippen molar-refractivity contribution < 1.29 is 32.2 Å². The molecule has 0 radical (unpaired) electrons. The molecule has 0 saturated heterocycles. The number of fused-ring (bicyclic) bond motifs is 1. The molecule has 5 rings (SSSR count). The number of Topliss-reactive ketones (excluding diaryl/α,β-unsaturated/α-hetero) is 1. The summed E-state index contributed by atoms with van der Waals surface area (Å²) < 4.78 is 52.5. The summed E-state index contributed by atoms with van der Waals surface area (Å²) in [7, 11) is 3.08. The van der Waals surface area contributed by atoms with Gasteiger partial charge >= 0.3 is 6.36 Å². The number of allylic oxidation sites excluding steroid dienone is 2. The second-order valence-corrected chi connectivity index (χ2v) is 8.58. The third-order valence-electron chi connectivity index (χ3n) is 6.50. The zero-order valence-corrected chi connectivity index (χ0v) is 19.3. The van der Waals surface area contributed by atoms with Gasteiger partial charge in [-0.1, -0.05) is 18.2 Å². The van der Waals surface area contributed by atoms with Crippen LogP contribution in [0.1, 0.15) is 41.4 Å². The Hall–Kier alpha value is -4.15. The Morgan fingerprint density at radius 3 is 2.25 bits per heavy atom. The van der Waals surface area contributed by atoms with Gasteiger partial charge in [0.2, 0.25) is 0 Å². The third kappa shape index (κ3) is 4.21. The average Bonchev–Trinajstić information content (AvgIpc) is 3.22. The fraction of sp³-hybridized carbons (Fsp3) is 0.280. The number of nitrogens with one attached hydrogen (secondary N) is 3. The first-order valence-corrected chi connectivity index (χ1v) is 11.1. The number of carbonyl (C=O) groups excluding carboxylic acids is 1. The first kappa shape index (κ1) is 23.6. The molecule has 3 N–H and O–H groups in total. The number of alkyl halides is 3. The van der Waals surface area contributed by atoms with Crippen LogP contribution in [-0.4, -0.2) is 36.6 Å². The summed E-state index contributed by atoms with van der Waals surface area (Å²) in [6, 6.07) is 10.7. The third-order valence-corrected chi connectivity index (χ3v) is 6.50. The second-order valence-electron chi connectivity index (χ2n) is 8.58. The smallest absolute Gasteiger partial charge is 0.493 e. The highest BCUT2D eigenvalue weighted by molar-refractivity contribution is 6.01. The van der Waals surface area contributed by atoms with Crippen molar-refractivity contribution >= 4 is 11.6 Å². The Labute approximate surface area is 203 Å². The number of rotatable bonds is 5. The number of hydrogen-bond donors (Lipinski definition) is 3. The summed E-state index contributed by atoms with van der Waals surface area (Å²) in [5.74, 6) is 0.0994. The van der Waals surface area contributed by atoms with Crippen molar-refractivity contribution in [3.05, 3.63) is 80.8 Å². The molecule has 188 valence electrons. The van der Waals surface area contributed by atoms with E-state index in [0.29, 0.717) is 46.1 Å². The molecule has 2 heterocycles. The zero-order valence-electron chi connectivity index (χ0n) is 19.3. The number of ether oxygens (including phenoxy) is 3. The molecule has 0 saturated carbocycles. The molecule has 3 aromatic rings. The molecule has 11 heteroatoms. The van der Waals surface area contributed by atoms with Crippen LogP contribution in [0.15, 0.2) is 58.5 Å². The van der Waals surface area contributed by atoms with Gasteiger partial charge in [-0.2, -0.15) is 0 Å². The van der Waals surface area contributed by atoms with Gasteiger partial charge in [0, 0.05) is 23.6 Å². The molecule has 1 aliphatic heterocycles. The van der Waals surface area contributed by atoms with E-state index in [2.05, 4.69) is 20.3 Å². The first-order chi connectivity index (χ1) is 17.2. The van der Waals surface area contributed by atoms with Crippen LogP contribution in [0.5, 0.6) is 17.2 Å². The van der Waals surface area contributed by atoms with Gasteiger partial charge in [0.25, 0.3) is 5.56 Å². The standard InChI is InChI=1S/C25H22F3N3O5/c1-34-18-8-5-13(11-19(18)35-2)14-9-16-21(17(32)10-14)20(22-23(29-16)30-31-24(22)33)12-3-6-15(7-4-12)36-25(26,27)28/h3-8,11,14,20H,9-10H2,1-2H3,(H3,29,30,31,33)/t14-,20+/m0/s1. The number of anilines is 1. The Kier molecular flexibility index (Phi) is 5.77. The number of hydrogen-bond acceptors (Lipinski definition) is 6. The maximum absolute atomic E-state index is 13.5. The number of benzene rings is 2. The van der Waals surface area contributed by atoms with Crippen LogP contribution in [0.25, 0.3) is 0 Å². The van der Waals surface area contributed by atoms with Gasteiger partial charge in [-0.3, -0.25) is 19.8 Å². The van der Waals surface area contributed by atoms with Crippen LogP contribution < -0.4 is 25.1 Å². The lowest BCUT2D eigenvalue weighted by Gasteiger charge is -2.34. The minimum atomic E-state index is -4.82. The molecule has 0 unspecified atom stereocenters. The summed E-state index contributed by atoms with van der Waals surface area (Å²) in [6.45, 7) is 0. The summed E-state index contributed by atoms with van der Waals surface area (Å²) in [6.07, 6.45) is -4.15. The van der Waals surface area contributed by atoms with E-state index in [0.717, 1.165) is 5.56 Å². The minimum Gasteiger partial charge on any atom is -0.493 e. The lowest BCUT2D eigenvalue weighted by molar-refractivity contribution is -0.274. The quantitative estimate of drug-likeness (QED) is 0.473. The topological polar surface area (TPSA) is 105 Å². The predicted molar refractivity (Wildman–Crippen MR) is 124 cm³/mol. The summed E-state index contributed by atoms with van der Waals surface area (Å²) >= 11 is 0. The van der Waals surface area contributed by atoms with E-state index >= 15 is 0 Å². The number of aromatic amines is 2. The van der Waals surface area contributed by atoms with Gasteiger partial charge in [0.15, 0.2) is 17.3 Å². The van der Waals surface area contributed by atoms with E-state index in [1.54, 1.807) is 13.2 Å². The molecule has 36 heavy (non-hydrogen) atoms. The summed E-state index contributed by atoms with van der Waals surface area (Å²) in [4.78, 5) is 26.2. The fourth-order valence-corrected chi connectivity index (χ4v) is 4.96. The summed E-state index contributed by atoms with van der Waals surface area (Å²) in [5.41, 5.74) is 2.36. The van der Waals surface area contributed by atoms with E-state index in [9.17, 15) is 22.8 Å². The van der Waals surface area contributed by atoms with Crippen LogP contribution in [0.3, 0.4) is 0 Å². The molecule has 0 spiro atoms. The Balaban J connectivity index is 1.53. The van der Waals surface area contributed by atoms with Crippen molar-refractivity contribution in [1.29, 1.82) is 0 Å². The molecule has 1 aliphatic carbocycles. The fourth-order valence-electron chi connectivity index (χ4n) is 4.96. The van der Waals surface area contributed by atoms with Crippen molar-refractivity contribution in [3.8, 4) is 17.2 Å². The number of carbonyl (C=O) groups is 1. The van der Waals surface area contributed by atoms with Gasteiger partial charge < -0.3 is 19.5 Å². The van der Waals surface area contributed by atoms with E-state index < -0.39 is 17.8 Å². The van der Waals surface area contributed by atoms with Crippen molar-refractivity contribution in [2.24, 2.45) is 0 Å². The monoisotopic (exact) mass is 501 g/mol. The predicted octanol–water partition coefficient (Wildman–Crippen LogP) is 4.58. The highest BCUT2D eigenvalue weighted by Gasteiger charge is 2.40. The molecule has 2 aliphatic rings. The summed E-state index contributed by atoms with van der Waals surface area (Å²) in [5, 5.41) is 8.52. The van der Waals surface area contributed by atoms with Crippen LogP contribution in [-0.2, 0) is 4.79 Å². The molecule has 2 aromatic carbocycles. The van der Waals surface area contributed by atoms with Crippen molar-refractivity contribution in [1.82, 2.24) is 10.2 Å². The number of methoxy groups -OCH3 is 2. The number of aromatic nitrogens is 2. The van der Waals surface area contributed by atoms with Crippen molar-refractivity contribution in [3.63, 3.8) is 0 Å². The average molecular weight is 501 g/mol. The highest BCUT2D eigenvalue weighted by Crippen LogP contribution is 2.47. The second kappa shape index (κ2) is 8.81. The van der Waals surface area contributed by atoms with Gasteiger partial charge in [0.1, 0.15) is 11.6 Å². The van der Waals surface area contributed by atoms with Gasteiger partial charge in [-0.05, 0) is 47.7 Å². The van der Waals surface area contributed by atoms with Crippen molar-refractivity contribution in [2.45, 2.75) is 31.0 Å². The molecular weight excluding hydrogens is 479 g/mol. The number of ketones is 1. The lowest BCUT2D eigenvalue weighted by Crippen LogP contribution is -2.31. The van der Waals surface area contributed by atoms with E-state index in [4.69, 9.17) is 9.47 Å². The normalized spacial score (nSPS) is 19.3. The molecule has 8 nitrogen and oxygen atoms in total. The molecule has 0 amide bonds. The van der Waals surface area contributed by atoms with Crippen molar-refractivity contribution in [2.75, 3.05) is 19.5 Å². The Morgan fingerprint density at radius 1 is 0.889 bits per heavy atom. The highest BCUT2D eigenvalue weighted by atomic mass is 19.4. The molecule has 0 fully saturated rings. The van der Waals surface area contributed by atoms with Gasteiger partial charge in [0.05, 0.1) is 19.8 Å². The maximum Gasteiger partial charge on any atom is 0.573 e. The zero-order chi connectivity index (χ0) is 25.6. The molecule has 2 atom stereocenters. The number of H-pyrrole nitrogens is 2. The van der Waals surface area contributed by atoms with E-state index in [1.165, 1.54) is 31.4 Å². The minimum absolute atomic E-state index is 0.154. The van der Waals surface area contributed by atoms with Crippen LogP contribution >= 0.6 is 0 Å². The van der Waals surface area contributed by atoms with Crippen LogP contribution in [0.2, 0.25) is 0 Å². The SMILES string of the molecule is COc1ccc([C@@H]2CC(=O)C3=C(C2)Nc2[nH][nH]c(=O)c2[C@@H]3c2ccc(OC(F)(F)F)cc2)cc1OC. The molecule has 0 bridgehead atoms. The van der Waals surface area contributed by atoms with Gasteiger partial charge in [-0.15, -0.1) is 13.2 Å². The van der Waals surface area contributed by atoms with Gasteiger partial charge in [-0.25, -0.2) is 0 Å². The molecular formula is C25H22F3N3O5. The maximum atomic E-state index is 13.5. The first-order valence-electron chi connectivity index (χ1n) is 11.1. The number of halogens is 3.